The Morgan fingerprint density at radius 2 is 1.69 bits per heavy atom. The van der Waals surface area contributed by atoms with Crippen molar-refractivity contribution in [3.05, 3.63) is 89.6 Å². The lowest BCUT2D eigenvalue weighted by Gasteiger charge is -2.28. The molecule has 0 radical (unpaired) electrons. The molecule has 1 N–H and O–H groups in total. The first kappa shape index (κ1) is 26.7. The second-order valence-electron chi connectivity index (χ2n) is 8.44. The first-order chi connectivity index (χ1) is 16.5. The van der Waals surface area contributed by atoms with Crippen molar-refractivity contribution in [2.45, 2.75) is 46.3 Å². The molecule has 3 aromatic carbocycles. The summed E-state index contributed by atoms with van der Waals surface area (Å²) in [5.41, 5.74) is 2.49. The summed E-state index contributed by atoms with van der Waals surface area (Å²) < 4.78 is 62.1. The number of ether oxygens (including phenoxy) is 1. The number of benzene rings is 3. The number of fused-ring (bicyclic) bond motifs is 1. The molecule has 0 fully saturated rings. The molecule has 1 heterocycles. The topological polar surface area (TPSA) is 56.1 Å². The van der Waals surface area contributed by atoms with Crippen molar-refractivity contribution in [1.82, 2.24) is 15.1 Å². The van der Waals surface area contributed by atoms with E-state index in [1.807, 2.05) is 0 Å². The molecule has 1 amide bonds. The van der Waals surface area contributed by atoms with Crippen molar-refractivity contribution in [3.63, 3.8) is 0 Å². The molecule has 0 bridgehead atoms. The molecule has 1 aromatic heterocycles. The van der Waals surface area contributed by atoms with Crippen LogP contribution in [0, 0.1) is 18.6 Å². The third kappa shape index (κ3) is 5.67. The quantitative estimate of drug-likeness (QED) is 0.293. The Balaban J connectivity index is 0.00000361. The van der Waals surface area contributed by atoms with E-state index in [1.165, 1.54) is 31.2 Å². The number of hydrogen-bond donors (Lipinski definition) is 1. The summed E-state index contributed by atoms with van der Waals surface area (Å²) in [7, 11) is 0. The Hall–Kier alpha value is -3.88. The molecule has 0 saturated heterocycles. The number of aryl methyl sites for hydroxylation is 1. The molecule has 36 heavy (non-hydrogen) atoms. The van der Waals surface area contributed by atoms with Gasteiger partial charge in [0.25, 0.3) is 5.91 Å². The van der Waals surface area contributed by atoms with E-state index in [9.17, 15) is 22.4 Å². The van der Waals surface area contributed by atoms with Gasteiger partial charge < -0.3 is 10.1 Å². The Morgan fingerprint density at radius 1 is 1.03 bits per heavy atom. The summed E-state index contributed by atoms with van der Waals surface area (Å²) in [4.78, 5) is 11.9. The fourth-order valence-electron chi connectivity index (χ4n) is 3.78. The number of amides is 1. The Bertz CT molecular complexity index is 1360. The van der Waals surface area contributed by atoms with Crippen LogP contribution in [0.25, 0.3) is 16.6 Å². The number of rotatable bonds is 7. The maximum Gasteiger partial charge on any atom is 0.321 e. The average molecular weight is 502 g/mol. The number of aromatic nitrogens is 2. The highest BCUT2D eigenvalue weighted by molar-refractivity contribution is 5.83. The molecule has 0 aliphatic heterocycles. The zero-order valence-electron chi connectivity index (χ0n) is 19.2. The van der Waals surface area contributed by atoms with Crippen molar-refractivity contribution in [2.24, 2.45) is 0 Å². The van der Waals surface area contributed by atoms with Crippen LogP contribution in [-0.2, 0) is 4.79 Å². The van der Waals surface area contributed by atoms with Crippen molar-refractivity contribution in [3.8, 4) is 11.4 Å². The molecule has 0 saturated carbocycles. The largest absolute Gasteiger partial charge is 0.484 e. The number of alkyl halides is 2. The summed E-state index contributed by atoms with van der Waals surface area (Å²) >= 11 is 0. The van der Waals surface area contributed by atoms with E-state index in [4.69, 9.17) is 4.74 Å². The average Bonchev–Trinajstić information content (AvgIpc) is 3.22. The minimum absolute atomic E-state index is 0. The zero-order valence-corrected chi connectivity index (χ0v) is 19.2. The maximum atomic E-state index is 14.1. The van der Waals surface area contributed by atoms with Gasteiger partial charge in [0.05, 0.1) is 23.4 Å². The van der Waals surface area contributed by atoms with E-state index in [-0.39, 0.29) is 13.2 Å². The van der Waals surface area contributed by atoms with E-state index in [0.29, 0.717) is 34.9 Å². The molecule has 0 aliphatic rings. The summed E-state index contributed by atoms with van der Waals surface area (Å²) in [5, 5.41) is 7.33. The van der Waals surface area contributed by atoms with Gasteiger partial charge in [0.1, 0.15) is 23.5 Å². The second kappa shape index (κ2) is 10.4. The summed E-state index contributed by atoms with van der Waals surface area (Å²) in [6.07, 6.45) is 0.651. The van der Waals surface area contributed by atoms with Crippen LogP contribution in [0.15, 0.2) is 66.9 Å². The van der Waals surface area contributed by atoms with Crippen LogP contribution in [-0.4, -0.2) is 27.7 Å². The van der Waals surface area contributed by atoms with Gasteiger partial charge in [-0.1, -0.05) is 13.5 Å². The van der Waals surface area contributed by atoms with Crippen molar-refractivity contribution in [2.75, 3.05) is 0 Å². The number of nitrogens with zero attached hydrogens (tertiary/aromatic N) is 2. The van der Waals surface area contributed by atoms with Gasteiger partial charge in [-0.3, -0.25) is 4.79 Å². The number of carbonyl (C=O) groups is 1. The first-order valence-electron chi connectivity index (χ1n) is 10.9. The lowest BCUT2D eigenvalue weighted by Crippen LogP contribution is -2.46. The molecular formula is C27H27F4N3O2. The molecule has 5 nitrogen and oxygen atoms in total. The standard InChI is InChI=1S/C26H23F4N3O2.CH4/c1-15-4-5-19(28)13-22(15)24(16(2)32-25(34)26(3,29)30)35-21-10-11-23-17(12-21)14-31-33(23)20-8-6-18(27)7-9-20;/h4-14,16,24H,1-3H3,(H,32,34);1H4/t16-,24-;/m0./s1. The summed E-state index contributed by atoms with van der Waals surface area (Å²) in [6.45, 7) is 3.76. The van der Waals surface area contributed by atoms with E-state index in [1.54, 1.807) is 54.2 Å². The molecule has 0 unspecified atom stereocenters. The Morgan fingerprint density at radius 3 is 2.36 bits per heavy atom. The van der Waals surface area contributed by atoms with Gasteiger partial charge in [0.2, 0.25) is 0 Å². The van der Waals surface area contributed by atoms with Gasteiger partial charge in [-0.05, 0) is 74.0 Å². The molecule has 2 atom stereocenters. The minimum Gasteiger partial charge on any atom is -0.484 e. The minimum atomic E-state index is -3.58. The molecule has 190 valence electrons. The van der Waals surface area contributed by atoms with Crippen LogP contribution in [0.2, 0.25) is 0 Å². The maximum absolute atomic E-state index is 14.1. The van der Waals surface area contributed by atoms with Gasteiger partial charge in [-0.2, -0.15) is 13.9 Å². The van der Waals surface area contributed by atoms with Crippen LogP contribution in [0.1, 0.15) is 38.5 Å². The highest BCUT2D eigenvalue weighted by Gasteiger charge is 2.35. The monoisotopic (exact) mass is 501 g/mol. The fraction of sp³-hybridized carbons (Fsp3) is 0.259. The molecule has 4 aromatic rings. The third-order valence-corrected chi connectivity index (χ3v) is 5.63. The van der Waals surface area contributed by atoms with Crippen molar-refractivity contribution >= 4 is 16.8 Å². The van der Waals surface area contributed by atoms with Gasteiger partial charge in [0.15, 0.2) is 0 Å². The molecular weight excluding hydrogens is 474 g/mol. The lowest BCUT2D eigenvalue weighted by molar-refractivity contribution is -0.144. The zero-order chi connectivity index (χ0) is 25.3. The van der Waals surface area contributed by atoms with Crippen molar-refractivity contribution < 1.29 is 27.1 Å². The first-order valence-corrected chi connectivity index (χ1v) is 10.9. The second-order valence-corrected chi connectivity index (χ2v) is 8.44. The highest BCUT2D eigenvalue weighted by atomic mass is 19.3. The molecule has 9 heteroatoms. The smallest absolute Gasteiger partial charge is 0.321 e. The summed E-state index contributed by atoms with van der Waals surface area (Å²) in [5.74, 6) is -5.54. The summed E-state index contributed by atoms with van der Waals surface area (Å²) in [6, 6.07) is 14.2. The fourth-order valence-corrected chi connectivity index (χ4v) is 3.78. The van der Waals surface area contributed by atoms with E-state index >= 15 is 0 Å². The highest BCUT2D eigenvalue weighted by Crippen LogP contribution is 2.31. The van der Waals surface area contributed by atoms with Crippen LogP contribution in [0.3, 0.4) is 0 Å². The van der Waals surface area contributed by atoms with Gasteiger partial charge >= 0.3 is 5.92 Å². The van der Waals surface area contributed by atoms with Gasteiger partial charge in [0, 0.05) is 17.9 Å². The van der Waals surface area contributed by atoms with E-state index < -0.39 is 29.8 Å². The van der Waals surface area contributed by atoms with E-state index in [2.05, 4.69) is 10.4 Å². The molecule has 0 aliphatic carbocycles. The van der Waals surface area contributed by atoms with Gasteiger partial charge in [-0.25, -0.2) is 13.5 Å². The Labute approximate surface area is 206 Å². The third-order valence-electron chi connectivity index (χ3n) is 5.63. The molecule has 0 spiro atoms. The van der Waals surface area contributed by atoms with Crippen LogP contribution in [0.5, 0.6) is 5.75 Å². The number of halogens is 4. The molecule has 4 rings (SSSR count). The number of hydrogen-bond acceptors (Lipinski definition) is 3. The SMILES string of the molecule is C.Cc1ccc(F)cc1[C@@H](Oc1ccc2c(cnn2-c2ccc(F)cc2)c1)[C@H](C)NC(=O)C(C)(F)F. The van der Waals surface area contributed by atoms with Crippen LogP contribution < -0.4 is 10.1 Å². The van der Waals surface area contributed by atoms with Gasteiger partial charge in [-0.15, -0.1) is 0 Å². The van der Waals surface area contributed by atoms with Crippen LogP contribution in [0.4, 0.5) is 17.6 Å². The predicted molar refractivity (Wildman–Crippen MR) is 130 cm³/mol. The lowest BCUT2D eigenvalue weighted by atomic mass is 9.98. The van der Waals surface area contributed by atoms with E-state index in [0.717, 1.165) is 5.52 Å². The van der Waals surface area contributed by atoms with Crippen molar-refractivity contribution in [1.29, 1.82) is 0 Å². The van der Waals surface area contributed by atoms with Crippen LogP contribution >= 0.6 is 0 Å². The predicted octanol–water partition coefficient (Wildman–Crippen LogP) is 6.53. The normalized spacial score (nSPS) is 13.1. The number of nitrogens with one attached hydrogen (secondary N) is 1. The Kier molecular flexibility index (Phi) is 7.71. The number of carbonyl (C=O) groups excluding carboxylic acids is 1.